The van der Waals surface area contributed by atoms with E-state index in [0.29, 0.717) is 16.7 Å². The lowest BCUT2D eigenvalue weighted by Crippen LogP contribution is -2.30. The van der Waals surface area contributed by atoms with Gasteiger partial charge in [0.15, 0.2) is 0 Å². The van der Waals surface area contributed by atoms with Crippen molar-refractivity contribution in [2.45, 2.75) is 14.9 Å². The first kappa shape index (κ1) is 21.5. The van der Waals surface area contributed by atoms with E-state index in [1.807, 2.05) is 84.9 Å². The number of carbonyl (C=O) groups is 1. The summed E-state index contributed by atoms with van der Waals surface area (Å²) in [6, 6.07) is 27.5. The Morgan fingerprint density at radius 1 is 0.914 bits per heavy atom. The van der Waals surface area contributed by atoms with Crippen LogP contribution in [0.1, 0.15) is 0 Å². The molecule has 0 bridgehead atoms. The summed E-state index contributed by atoms with van der Waals surface area (Å²) >= 11 is 2.91. The Hall–Kier alpha value is -4.02. The Morgan fingerprint density at radius 3 is 2.29 bits per heavy atom. The molecule has 8 nitrogen and oxygen atoms in total. The number of H-pyrrole nitrogens is 1. The van der Waals surface area contributed by atoms with Crippen LogP contribution < -0.4 is 10.7 Å². The molecule has 10 heteroatoms. The molecule has 0 unspecified atom stereocenters. The van der Waals surface area contributed by atoms with Crippen molar-refractivity contribution >= 4 is 40.8 Å². The van der Waals surface area contributed by atoms with Crippen LogP contribution in [0.2, 0.25) is 0 Å². The number of para-hydroxylation sites is 2. The molecule has 35 heavy (non-hydrogen) atoms. The second kappa shape index (κ2) is 8.97. The molecule has 1 aliphatic heterocycles. The quantitative estimate of drug-likeness (QED) is 0.261. The number of hydrogen-bond donors (Lipinski definition) is 2. The Morgan fingerprint density at radius 2 is 1.57 bits per heavy atom. The molecule has 0 saturated carbocycles. The van der Waals surface area contributed by atoms with Crippen LogP contribution in [0.3, 0.4) is 0 Å². The molecule has 2 aromatic heterocycles. The van der Waals surface area contributed by atoms with Gasteiger partial charge in [0.1, 0.15) is 5.69 Å². The van der Waals surface area contributed by atoms with Crippen LogP contribution >= 0.6 is 23.5 Å². The average molecular weight is 498 g/mol. The van der Waals surface area contributed by atoms with Crippen LogP contribution in [0, 0.1) is 0 Å². The summed E-state index contributed by atoms with van der Waals surface area (Å²) in [5.74, 6) is 6.83. The van der Waals surface area contributed by atoms with E-state index in [-0.39, 0.29) is 11.7 Å². The molecule has 1 aliphatic rings. The highest BCUT2D eigenvalue weighted by atomic mass is 32.2. The smallest absolute Gasteiger partial charge is 0.242 e. The lowest BCUT2D eigenvalue weighted by Gasteiger charge is -2.30. The van der Waals surface area contributed by atoms with Crippen molar-refractivity contribution in [1.82, 2.24) is 25.1 Å². The van der Waals surface area contributed by atoms with Crippen molar-refractivity contribution in [3.8, 4) is 22.8 Å². The number of nitrogens with two attached hydrogens (primary N) is 1. The third-order valence-electron chi connectivity index (χ3n) is 5.56. The van der Waals surface area contributed by atoms with E-state index in [4.69, 9.17) is 5.84 Å². The highest BCUT2D eigenvalue weighted by Gasteiger charge is 2.28. The summed E-state index contributed by atoms with van der Waals surface area (Å²) in [7, 11) is 0. The maximum atomic E-state index is 13.4. The largest absolute Gasteiger partial charge is 0.335 e. The first-order chi connectivity index (χ1) is 17.2. The van der Waals surface area contributed by atoms with E-state index in [1.165, 1.54) is 16.4 Å². The molecular weight excluding hydrogens is 478 g/mol. The van der Waals surface area contributed by atoms with Crippen molar-refractivity contribution in [2.75, 3.05) is 16.5 Å². The van der Waals surface area contributed by atoms with Gasteiger partial charge in [-0.05, 0) is 30.3 Å². The lowest BCUT2D eigenvalue weighted by atomic mass is 10.1. The minimum atomic E-state index is -0.0624. The van der Waals surface area contributed by atoms with Gasteiger partial charge >= 0.3 is 0 Å². The average Bonchev–Trinajstić information content (AvgIpc) is 3.53. The number of benzene rings is 3. The number of aromatic nitrogens is 5. The number of thioether (sulfide) groups is 1. The molecule has 3 N–H and O–H groups in total. The zero-order valence-electron chi connectivity index (χ0n) is 18.3. The second-order valence-corrected chi connectivity index (χ2v) is 9.79. The van der Waals surface area contributed by atoms with Crippen molar-refractivity contribution in [1.29, 1.82) is 0 Å². The normalized spacial score (nSPS) is 12.3. The van der Waals surface area contributed by atoms with Gasteiger partial charge in [-0.15, -0.1) is 10.2 Å². The van der Waals surface area contributed by atoms with Gasteiger partial charge in [-0.3, -0.25) is 14.8 Å². The maximum Gasteiger partial charge on any atom is 0.242 e. The number of hydrogen-bond acceptors (Lipinski definition) is 7. The van der Waals surface area contributed by atoms with Gasteiger partial charge in [-0.1, -0.05) is 78.1 Å². The van der Waals surface area contributed by atoms with E-state index in [9.17, 15) is 4.79 Å². The monoisotopic (exact) mass is 497 g/mol. The molecule has 0 saturated heterocycles. The van der Waals surface area contributed by atoms with Gasteiger partial charge in [0, 0.05) is 15.4 Å². The Bertz CT molecular complexity index is 1480. The SMILES string of the molecule is Nn1c(SCC(=O)N2c3ccccc3Sc3ccccc32)nnc1-c1cc(-c2ccccc2)n[nH]1. The van der Waals surface area contributed by atoms with Crippen LogP contribution in [0.4, 0.5) is 11.4 Å². The standard InChI is InChI=1S/C25H19N7OS2/c26-32-24(18-14-17(27-28-18)16-8-2-1-3-9-16)29-30-25(32)34-15-23(33)31-19-10-4-6-12-21(19)35-22-13-7-5-11-20(22)31/h1-14H,15,26H2,(H,27,28). The van der Waals surface area contributed by atoms with E-state index in [0.717, 1.165) is 32.4 Å². The number of anilines is 2. The Kier molecular flexibility index (Phi) is 5.51. The summed E-state index contributed by atoms with van der Waals surface area (Å²) < 4.78 is 1.38. The van der Waals surface area contributed by atoms with Gasteiger partial charge in [0.2, 0.25) is 16.9 Å². The first-order valence-electron chi connectivity index (χ1n) is 10.8. The molecule has 5 aromatic rings. The van der Waals surface area contributed by atoms with E-state index >= 15 is 0 Å². The third kappa shape index (κ3) is 3.96. The summed E-state index contributed by atoms with van der Waals surface area (Å²) in [5, 5.41) is 16.2. The van der Waals surface area contributed by atoms with E-state index in [2.05, 4.69) is 20.4 Å². The number of rotatable bonds is 5. The molecule has 0 atom stereocenters. The number of nitrogens with one attached hydrogen (secondary N) is 1. The minimum Gasteiger partial charge on any atom is -0.335 e. The number of nitrogen functional groups attached to an aromatic ring is 1. The molecule has 3 aromatic carbocycles. The number of aromatic amines is 1. The van der Waals surface area contributed by atoms with Crippen molar-refractivity contribution in [3.63, 3.8) is 0 Å². The fraction of sp³-hybridized carbons (Fsp3) is 0.0400. The lowest BCUT2D eigenvalue weighted by molar-refractivity contribution is -0.115. The molecule has 0 radical (unpaired) electrons. The molecule has 0 spiro atoms. The Balaban J connectivity index is 1.23. The molecule has 6 rings (SSSR count). The fourth-order valence-corrected chi connectivity index (χ4v) is 5.68. The van der Waals surface area contributed by atoms with E-state index in [1.54, 1.807) is 16.7 Å². The fourth-order valence-electron chi connectivity index (χ4n) is 3.92. The van der Waals surface area contributed by atoms with Crippen LogP contribution in [0.15, 0.2) is 99.9 Å². The van der Waals surface area contributed by atoms with Gasteiger partial charge in [0.25, 0.3) is 0 Å². The van der Waals surface area contributed by atoms with Gasteiger partial charge < -0.3 is 5.84 Å². The summed E-state index contributed by atoms with van der Waals surface area (Å²) in [6.07, 6.45) is 0. The molecular formula is C25H19N7OS2. The van der Waals surface area contributed by atoms with Crippen LogP contribution in [0.25, 0.3) is 22.8 Å². The number of fused-ring (bicyclic) bond motifs is 2. The zero-order valence-corrected chi connectivity index (χ0v) is 20.0. The van der Waals surface area contributed by atoms with Gasteiger partial charge in [-0.2, -0.15) is 5.10 Å². The van der Waals surface area contributed by atoms with Gasteiger partial charge in [0.05, 0.1) is 22.8 Å². The predicted molar refractivity (Wildman–Crippen MR) is 138 cm³/mol. The molecule has 0 aliphatic carbocycles. The predicted octanol–water partition coefficient (Wildman–Crippen LogP) is 4.97. The van der Waals surface area contributed by atoms with Crippen LogP contribution in [0.5, 0.6) is 0 Å². The molecule has 0 fully saturated rings. The van der Waals surface area contributed by atoms with Gasteiger partial charge in [-0.25, -0.2) is 4.68 Å². The Labute approximate surface area is 209 Å². The summed E-state index contributed by atoms with van der Waals surface area (Å²) in [4.78, 5) is 17.3. The van der Waals surface area contributed by atoms with Crippen molar-refractivity contribution in [2.24, 2.45) is 0 Å². The number of nitrogens with zero attached hydrogens (tertiary/aromatic N) is 5. The maximum absolute atomic E-state index is 13.4. The highest BCUT2D eigenvalue weighted by Crippen LogP contribution is 2.48. The topological polar surface area (TPSA) is 106 Å². The molecule has 3 heterocycles. The van der Waals surface area contributed by atoms with Crippen molar-refractivity contribution in [3.05, 3.63) is 84.9 Å². The third-order valence-corrected chi connectivity index (χ3v) is 7.62. The zero-order chi connectivity index (χ0) is 23.8. The van der Waals surface area contributed by atoms with Crippen LogP contribution in [-0.4, -0.2) is 36.7 Å². The minimum absolute atomic E-state index is 0.0624. The second-order valence-electron chi connectivity index (χ2n) is 7.76. The first-order valence-corrected chi connectivity index (χ1v) is 12.6. The number of carbonyl (C=O) groups excluding carboxylic acids is 1. The van der Waals surface area contributed by atoms with Crippen LogP contribution in [-0.2, 0) is 4.79 Å². The highest BCUT2D eigenvalue weighted by molar-refractivity contribution is 8.00. The molecule has 172 valence electrons. The summed E-state index contributed by atoms with van der Waals surface area (Å²) in [6.45, 7) is 0. The number of amides is 1. The van der Waals surface area contributed by atoms with Crippen molar-refractivity contribution < 1.29 is 4.79 Å². The van der Waals surface area contributed by atoms with E-state index < -0.39 is 0 Å². The summed E-state index contributed by atoms with van der Waals surface area (Å²) in [5.41, 5.74) is 4.17. The molecule has 1 amide bonds.